The van der Waals surface area contributed by atoms with Crippen LogP contribution in [0.4, 0.5) is 4.39 Å². The molecule has 1 aromatic carbocycles. The standard InChI is InChI=1S/C11H10FNO2/c1-6-9-7(12)4-3-5-8(9)15-10(6)11(14)13-2/h3-5H,1-2H3,(H,13,14). The van der Waals surface area contributed by atoms with Crippen molar-refractivity contribution in [3.8, 4) is 0 Å². The van der Waals surface area contributed by atoms with Gasteiger partial charge in [-0.05, 0) is 19.1 Å². The quantitative estimate of drug-likeness (QED) is 0.779. The first-order valence-electron chi connectivity index (χ1n) is 4.55. The number of amides is 1. The van der Waals surface area contributed by atoms with Gasteiger partial charge in [0.1, 0.15) is 11.4 Å². The van der Waals surface area contributed by atoms with E-state index in [0.717, 1.165) is 0 Å². The Morgan fingerprint density at radius 3 is 2.80 bits per heavy atom. The molecule has 2 aromatic rings. The number of carbonyl (C=O) groups is 1. The van der Waals surface area contributed by atoms with Crippen molar-refractivity contribution in [2.45, 2.75) is 6.92 Å². The maximum Gasteiger partial charge on any atom is 0.287 e. The van der Waals surface area contributed by atoms with Gasteiger partial charge in [0.25, 0.3) is 5.91 Å². The molecule has 4 heteroatoms. The Morgan fingerprint density at radius 2 is 2.20 bits per heavy atom. The van der Waals surface area contributed by atoms with Crippen molar-refractivity contribution in [2.24, 2.45) is 0 Å². The molecule has 78 valence electrons. The summed E-state index contributed by atoms with van der Waals surface area (Å²) < 4.78 is 18.7. The summed E-state index contributed by atoms with van der Waals surface area (Å²) in [5, 5.41) is 2.82. The highest BCUT2D eigenvalue weighted by Crippen LogP contribution is 2.27. The molecule has 1 amide bonds. The number of rotatable bonds is 1. The molecule has 0 bridgehead atoms. The Balaban J connectivity index is 2.75. The van der Waals surface area contributed by atoms with Crippen LogP contribution in [-0.2, 0) is 0 Å². The van der Waals surface area contributed by atoms with Crippen molar-refractivity contribution in [1.29, 1.82) is 0 Å². The molecule has 0 saturated carbocycles. The van der Waals surface area contributed by atoms with Crippen LogP contribution in [0.15, 0.2) is 22.6 Å². The zero-order chi connectivity index (χ0) is 11.0. The van der Waals surface area contributed by atoms with Gasteiger partial charge < -0.3 is 9.73 Å². The number of furan rings is 1. The maximum atomic E-state index is 13.4. The number of benzene rings is 1. The third-order valence-corrected chi connectivity index (χ3v) is 2.34. The first-order valence-corrected chi connectivity index (χ1v) is 4.55. The summed E-state index contributed by atoms with van der Waals surface area (Å²) >= 11 is 0. The summed E-state index contributed by atoms with van der Waals surface area (Å²) in [7, 11) is 1.51. The van der Waals surface area contributed by atoms with E-state index in [0.29, 0.717) is 16.5 Å². The van der Waals surface area contributed by atoms with Crippen LogP contribution in [0.25, 0.3) is 11.0 Å². The predicted molar refractivity (Wildman–Crippen MR) is 54.3 cm³/mol. The van der Waals surface area contributed by atoms with E-state index in [1.54, 1.807) is 19.1 Å². The number of carbonyl (C=O) groups excluding carboxylic acids is 1. The van der Waals surface area contributed by atoms with Gasteiger partial charge in [0.15, 0.2) is 5.76 Å². The van der Waals surface area contributed by atoms with E-state index >= 15 is 0 Å². The fourth-order valence-corrected chi connectivity index (χ4v) is 1.58. The van der Waals surface area contributed by atoms with Crippen LogP contribution in [0, 0.1) is 12.7 Å². The molecule has 0 aliphatic rings. The molecule has 0 atom stereocenters. The summed E-state index contributed by atoms with van der Waals surface area (Å²) in [5.41, 5.74) is 0.925. The summed E-state index contributed by atoms with van der Waals surface area (Å²) in [6, 6.07) is 4.53. The van der Waals surface area contributed by atoms with Crippen LogP contribution in [0.5, 0.6) is 0 Å². The highest BCUT2D eigenvalue weighted by atomic mass is 19.1. The highest BCUT2D eigenvalue weighted by molar-refractivity contribution is 5.98. The lowest BCUT2D eigenvalue weighted by molar-refractivity contribution is 0.0937. The summed E-state index contributed by atoms with van der Waals surface area (Å²) in [5.74, 6) is -0.551. The highest BCUT2D eigenvalue weighted by Gasteiger charge is 2.18. The van der Waals surface area contributed by atoms with Gasteiger partial charge in [-0.25, -0.2) is 4.39 Å². The van der Waals surface area contributed by atoms with Crippen LogP contribution in [0.2, 0.25) is 0 Å². The molecule has 0 spiro atoms. The Bertz CT molecular complexity index is 531. The van der Waals surface area contributed by atoms with Gasteiger partial charge in [0, 0.05) is 12.6 Å². The third-order valence-electron chi connectivity index (χ3n) is 2.34. The predicted octanol–water partition coefficient (Wildman–Crippen LogP) is 2.24. The Kier molecular flexibility index (Phi) is 2.19. The number of nitrogens with one attached hydrogen (secondary N) is 1. The minimum Gasteiger partial charge on any atom is -0.451 e. The van der Waals surface area contributed by atoms with Crippen LogP contribution in [0.3, 0.4) is 0 Å². The fourth-order valence-electron chi connectivity index (χ4n) is 1.58. The summed E-state index contributed by atoms with van der Waals surface area (Å²) in [6.07, 6.45) is 0. The lowest BCUT2D eigenvalue weighted by atomic mass is 10.1. The third kappa shape index (κ3) is 1.38. The molecule has 1 aromatic heterocycles. The van der Waals surface area contributed by atoms with Gasteiger partial charge in [-0.15, -0.1) is 0 Å². The first-order chi connectivity index (χ1) is 7.15. The van der Waals surface area contributed by atoms with Gasteiger partial charge >= 0.3 is 0 Å². The molecular weight excluding hydrogens is 197 g/mol. The van der Waals surface area contributed by atoms with E-state index < -0.39 is 0 Å². The molecule has 0 radical (unpaired) electrons. The summed E-state index contributed by atoms with van der Waals surface area (Å²) in [4.78, 5) is 11.4. The van der Waals surface area contributed by atoms with E-state index in [2.05, 4.69) is 5.32 Å². The van der Waals surface area contributed by atoms with Crippen molar-refractivity contribution in [1.82, 2.24) is 5.32 Å². The lowest BCUT2D eigenvalue weighted by Crippen LogP contribution is -2.17. The van der Waals surface area contributed by atoms with E-state index in [-0.39, 0.29) is 17.5 Å². The van der Waals surface area contributed by atoms with Crippen LogP contribution in [0.1, 0.15) is 16.1 Å². The fraction of sp³-hybridized carbons (Fsp3) is 0.182. The van der Waals surface area contributed by atoms with Gasteiger partial charge in [-0.3, -0.25) is 4.79 Å². The van der Waals surface area contributed by atoms with E-state index in [1.807, 2.05) is 0 Å². The molecule has 1 heterocycles. The SMILES string of the molecule is CNC(=O)c1oc2cccc(F)c2c1C. The number of halogens is 1. The van der Waals surface area contributed by atoms with E-state index in [9.17, 15) is 9.18 Å². The van der Waals surface area contributed by atoms with Crippen molar-refractivity contribution in [3.63, 3.8) is 0 Å². The van der Waals surface area contributed by atoms with Gasteiger partial charge in [-0.1, -0.05) is 6.07 Å². The Morgan fingerprint density at radius 1 is 1.47 bits per heavy atom. The summed E-state index contributed by atoms with van der Waals surface area (Å²) in [6.45, 7) is 1.67. The molecule has 3 nitrogen and oxygen atoms in total. The second kappa shape index (κ2) is 3.38. The van der Waals surface area contributed by atoms with Crippen LogP contribution in [-0.4, -0.2) is 13.0 Å². The monoisotopic (exact) mass is 207 g/mol. The zero-order valence-corrected chi connectivity index (χ0v) is 8.43. The normalized spacial score (nSPS) is 10.6. The molecule has 0 aliphatic carbocycles. The second-order valence-corrected chi connectivity index (χ2v) is 3.25. The number of fused-ring (bicyclic) bond motifs is 1. The molecule has 0 saturated heterocycles. The lowest BCUT2D eigenvalue weighted by Gasteiger charge is -1.94. The zero-order valence-electron chi connectivity index (χ0n) is 8.43. The average molecular weight is 207 g/mol. The minimum absolute atomic E-state index is 0.164. The molecular formula is C11H10FNO2. The largest absolute Gasteiger partial charge is 0.451 e. The average Bonchev–Trinajstić information content (AvgIpc) is 2.56. The molecule has 0 aliphatic heterocycles. The first kappa shape index (κ1) is 9.71. The van der Waals surface area contributed by atoms with E-state index in [1.165, 1.54) is 13.1 Å². The Hall–Kier alpha value is -1.84. The van der Waals surface area contributed by atoms with E-state index in [4.69, 9.17) is 4.42 Å². The van der Waals surface area contributed by atoms with Crippen molar-refractivity contribution >= 4 is 16.9 Å². The van der Waals surface area contributed by atoms with Crippen molar-refractivity contribution in [2.75, 3.05) is 7.05 Å². The maximum absolute atomic E-state index is 13.4. The van der Waals surface area contributed by atoms with Crippen LogP contribution < -0.4 is 5.32 Å². The number of hydrogen-bond acceptors (Lipinski definition) is 2. The minimum atomic E-state index is -0.371. The molecule has 0 fully saturated rings. The van der Waals surface area contributed by atoms with Crippen LogP contribution >= 0.6 is 0 Å². The number of hydrogen-bond donors (Lipinski definition) is 1. The second-order valence-electron chi connectivity index (χ2n) is 3.25. The van der Waals surface area contributed by atoms with Crippen molar-refractivity contribution < 1.29 is 13.6 Å². The molecule has 15 heavy (non-hydrogen) atoms. The smallest absolute Gasteiger partial charge is 0.287 e. The van der Waals surface area contributed by atoms with Gasteiger partial charge in [0.05, 0.1) is 5.39 Å². The topological polar surface area (TPSA) is 42.2 Å². The van der Waals surface area contributed by atoms with Gasteiger partial charge in [0.2, 0.25) is 0 Å². The molecule has 2 rings (SSSR count). The van der Waals surface area contributed by atoms with Crippen molar-refractivity contribution in [3.05, 3.63) is 35.3 Å². The number of aryl methyl sites for hydroxylation is 1. The van der Waals surface area contributed by atoms with Gasteiger partial charge in [-0.2, -0.15) is 0 Å². The Labute approximate surface area is 85.9 Å². The molecule has 0 unspecified atom stereocenters. The molecule has 1 N–H and O–H groups in total.